The van der Waals surface area contributed by atoms with Crippen LogP contribution in [-0.4, -0.2) is 56.3 Å². The molecule has 0 saturated carbocycles. The molecule has 0 aliphatic carbocycles. The van der Waals surface area contributed by atoms with Crippen molar-refractivity contribution in [2.75, 3.05) is 26.7 Å². The highest BCUT2D eigenvalue weighted by atomic mass is 32.2. The number of amides is 1. The predicted molar refractivity (Wildman–Crippen MR) is 94.2 cm³/mol. The molecule has 1 heterocycles. The van der Waals surface area contributed by atoms with Gasteiger partial charge in [0, 0.05) is 38.3 Å². The summed E-state index contributed by atoms with van der Waals surface area (Å²) in [6.45, 7) is 5.50. The van der Waals surface area contributed by atoms with Gasteiger partial charge in [0.25, 0.3) is 5.91 Å². The van der Waals surface area contributed by atoms with Gasteiger partial charge in [-0.2, -0.15) is 4.31 Å². The number of sulfonamides is 1. The van der Waals surface area contributed by atoms with E-state index in [9.17, 15) is 13.2 Å². The molecular weight excluding hydrogens is 326 g/mol. The molecule has 2 rings (SSSR count). The third-order valence-corrected chi connectivity index (χ3v) is 6.72. The minimum Gasteiger partial charge on any atom is -0.338 e. The second kappa shape index (κ2) is 7.63. The second-order valence-corrected chi connectivity index (χ2v) is 8.55. The minimum atomic E-state index is -3.48. The molecule has 2 N–H and O–H groups in total. The van der Waals surface area contributed by atoms with E-state index < -0.39 is 10.0 Å². The molecule has 7 heteroatoms. The average molecular weight is 353 g/mol. The molecular formula is C17H27N3O3S. The van der Waals surface area contributed by atoms with E-state index in [1.54, 1.807) is 24.1 Å². The minimum absolute atomic E-state index is 0.0729. The first kappa shape index (κ1) is 18.9. The molecule has 6 nitrogen and oxygen atoms in total. The van der Waals surface area contributed by atoms with Crippen LogP contribution in [0.2, 0.25) is 0 Å². The van der Waals surface area contributed by atoms with Crippen LogP contribution in [0.25, 0.3) is 0 Å². The van der Waals surface area contributed by atoms with Crippen LogP contribution < -0.4 is 5.73 Å². The maximum absolute atomic E-state index is 12.7. The lowest BCUT2D eigenvalue weighted by Crippen LogP contribution is -2.39. The summed E-state index contributed by atoms with van der Waals surface area (Å²) < 4.78 is 26.9. The summed E-state index contributed by atoms with van der Waals surface area (Å²) in [6, 6.07) is 6.10. The van der Waals surface area contributed by atoms with Crippen LogP contribution in [0.1, 0.15) is 37.0 Å². The van der Waals surface area contributed by atoms with E-state index >= 15 is 0 Å². The third kappa shape index (κ3) is 3.96. The Balaban J connectivity index is 2.15. The van der Waals surface area contributed by atoms with Gasteiger partial charge in [0.1, 0.15) is 0 Å². The Bertz CT molecular complexity index is 665. The van der Waals surface area contributed by atoms with Crippen LogP contribution in [0.5, 0.6) is 0 Å². The first-order valence-electron chi connectivity index (χ1n) is 8.34. The normalized spacial score (nSPS) is 18.3. The van der Waals surface area contributed by atoms with Gasteiger partial charge >= 0.3 is 0 Å². The van der Waals surface area contributed by atoms with Gasteiger partial charge in [0.15, 0.2) is 0 Å². The molecule has 1 aliphatic heterocycles. The van der Waals surface area contributed by atoms with E-state index in [1.807, 2.05) is 6.92 Å². The Kier molecular flexibility index (Phi) is 6.01. The van der Waals surface area contributed by atoms with Crippen LogP contribution >= 0.6 is 0 Å². The molecule has 0 radical (unpaired) electrons. The third-order valence-electron chi connectivity index (χ3n) is 4.80. The first-order valence-corrected chi connectivity index (χ1v) is 9.78. The largest absolute Gasteiger partial charge is 0.338 e. The molecule has 0 aromatic heterocycles. The van der Waals surface area contributed by atoms with Crippen molar-refractivity contribution in [3.05, 3.63) is 29.8 Å². The van der Waals surface area contributed by atoms with Crippen molar-refractivity contribution in [2.45, 2.75) is 37.6 Å². The standard InChI is InChI=1S/C17H27N3O3S/c1-13-8-10-20(11-9-13)24(22,23)16-6-4-15(5-7-16)17(21)19(3)14(2)12-18/h4-7,13-14H,8-12,18H2,1-3H3. The first-order chi connectivity index (χ1) is 11.3. The van der Waals surface area contributed by atoms with Crippen molar-refractivity contribution in [3.63, 3.8) is 0 Å². The maximum atomic E-state index is 12.7. The number of piperidine rings is 1. The topological polar surface area (TPSA) is 83.7 Å². The maximum Gasteiger partial charge on any atom is 0.253 e. The van der Waals surface area contributed by atoms with E-state index in [0.29, 0.717) is 31.1 Å². The number of rotatable bonds is 5. The highest BCUT2D eigenvalue weighted by molar-refractivity contribution is 7.89. The zero-order valence-corrected chi connectivity index (χ0v) is 15.4. The molecule has 1 unspecified atom stereocenters. The summed E-state index contributed by atoms with van der Waals surface area (Å²) in [5.74, 6) is 0.403. The molecule has 1 aromatic carbocycles. The van der Waals surface area contributed by atoms with Gasteiger partial charge in [-0.15, -0.1) is 0 Å². The summed E-state index contributed by atoms with van der Waals surface area (Å²) in [7, 11) is -1.79. The van der Waals surface area contributed by atoms with Crippen molar-refractivity contribution in [3.8, 4) is 0 Å². The van der Waals surface area contributed by atoms with Gasteiger partial charge in [-0.05, 0) is 49.9 Å². The quantitative estimate of drug-likeness (QED) is 0.870. The highest BCUT2D eigenvalue weighted by Gasteiger charge is 2.28. The van der Waals surface area contributed by atoms with E-state index in [4.69, 9.17) is 5.73 Å². The molecule has 0 bridgehead atoms. The monoisotopic (exact) mass is 353 g/mol. The van der Waals surface area contributed by atoms with Gasteiger partial charge in [0.05, 0.1) is 4.90 Å². The van der Waals surface area contributed by atoms with Crippen LogP contribution in [0.3, 0.4) is 0 Å². The predicted octanol–water partition coefficient (Wildman–Crippen LogP) is 1.53. The summed E-state index contributed by atoms with van der Waals surface area (Å²) in [5, 5.41) is 0. The van der Waals surface area contributed by atoms with E-state index in [2.05, 4.69) is 6.92 Å². The Labute approximate surface area is 144 Å². The van der Waals surface area contributed by atoms with Crippen molar-refractivity contribution in [1.29, 1.82) is 0 Å². The molecule has 1 fully saturated rings. The summed E-state index contributed by atoms with van der Waals surface area (Å²) in [5.41, 5.74) is 6.05. The fourth-order valence-corrected chi connectivity index (χ4v) is 4.18. The fraction of sp³-hybridized carbons (Fsp3) is 0.588. The Morgan fingerprint density at radius 1 is 1.29 bits per heavy atom. The van der Waals surface area contributed by atoms with Gasteiger partial charge in [0.2, 0.25) is 10.0 Å². The van der Waals surface area contributed by atoms with E-state index in [-0.39, 0.29) is 16.8 Å². The number of benzene rings is 1. The lowest BCUT2D eigenvalue weighted by atomic mass is 10.0. The van der Waals surface area contributed by atoms with Crippen LogP contribution in [-0.2, 0) is 10.0 Å². The van der Waals surface area contributed by atoms with Crippen LogP contribution in [0.4, 0.5) is 0 Å². The Hall–Kier alpha value is -1.44. The van der Waals surface area contributed by atoms with Gasteiger partial charge in [-0.1, -0.05) is 6.92 Å². The van der Waals surface area contributed by atoms with Gasteiger partial charge in [-0.25, -0.2) is 8.42 Å². The molecule has 1 aliphatic rings. The van der Waals surface area contributed by atoms with Crippen molar-refractivity contribution >= 4 is 15.9 Å². The summed E-state index contributed by atoms with van der Waals surface area (Å²) in [6.07, 6.45) is 1.77. The summed E-state index contributed by atoms with van der Waals surface area (Å²) in [4.78, 5) is 14.2. The number of nitrogens with two attached hydrogens (primary N) is 1. The lowest BCUT2D eigenvalue weighted by Gasteiger charge is -2.29. The molecule has 1 aromatic rings. The molecule has 0 spiro atoms. The van der Waals surface area contributed by atoms with Crippen molar-refractivity contribution in [1.82, 2.24) is 9.21 Å². The van der Waals surface area contributed by atoms with Crippen LogP contribution in [0, 0.1) is 5.92 Å². The van der Waals surface area contributed by atoms with Gasteiger partial charge < -0.3 is 10.6 Å². The Morgan fingerprint density at radius 2 is 1.83 bits per heavy atom. The number of likely N-dealkylation sites (N-methyl/N-ethyl adjacent to an activating group) is 1. The number of carbonyl (C=O) groups excluding carboxylic acids is 1. The molecule has 1 atom stereocenters. The lowest BCUT2D eigenvalue weighted by molar-refractivity contribution is 0.0748. The van der Waals surface area contributed by atoms with Crippen molar-refractivity contribution < 1.29 is 13.2 Å². The summed E-state index contributed by atoms with van der Waals surface area (Å²) >= 11 is 0. The smallest absolute Gasteiger partial charge is 0.253 e. The molecule has 1 saturated heterocycles. The number of carbonyl (C=O) groups is 1. The van der Waals surface area contributed by atoms with Crippen LogP contribution in [0.15, 0.2) is 29.2 Å². The number of hydrogen-bond acceptors (Lipinski definition) is 4. The Morgan fingerprint density at radius 3 is 2.33 bits per heavy atom. The van der Waals surface area contributed by atoms with Gasteiger partial charge in [-0.3, -0.25) is 4.79 Å². The van der Waals surface area contributed by atoms with Crippen molar-refractivity contribution in [2.24, 2.45) is 11.7 Å². The second-order valence-electron chi connectivity index (χ2n) is 6.61. The number of hydrogen-bond donors (Lipinski definition) is 1. The zero-order chi connectivity index (χ0) is 17.9. The highest BCUT2D eigenvalue weighted by Crippen LogP contribution is 2.23. The molecule has 134 valence electrons. The molecule has 1 amide bonds. The van der Waals surface area contributed by atoms with E-state index in [1.165, 1.54) is 16.4 Å². The average Bonchev–Trinajstić information content (AvgIpc) is 2.60. The fourth-order valence-electron chi connectivity index (χ4n) is 2.71. The number of nitrogens with zero attached hydrogens (tertiary/aromatic N) is 2. The SMILES string of the molecule is CC1CCN(S(=O)(=O)c2ccc(C(=O)N(C)C(C)CN)cc2)CC1. The molecule has 24 heavy (non-hydrogen) atoms. The van der Waals surface area contributed by atoms with E-state index in [0.717, 1.165) is 12.8 Å². The zero-order valence-electron chi connectivity index (χ0n) is 14.6.